The molecule has 0 spiro atoms. The van der Waals surface area contributed by atoms with Gasteiger partial charge in [0.05, 0.1) is 22.8 Å². The normalized spacial score (nSPS) is 13.2. The Kier molecular flexibility index (Phi) is 7.15. The van der Waals surface area contributed by atoms with Crippen molar-refractivity contribution in [3.63, 3.8) is 0 Å². The third kappa shape index (κ3) is 5.27. The lowest BCUT2D eigenvalue weighted by atomic mass is 10.1. The number of benzene rings is 3. The number of rotatable bonds is 7. The molecule has 0 atom stereocenters. The van der Waals surface area contributed by atoms with E-state index in [9.17, 15) is 26.4 Å². The van der Waals surface area contributed by atoms with Crippen LogP contribution < -0.4 is 9.62 Å². The number of nitrogens with one attached hydrogen (secondary N) is 1. The van der Waals surface area contributed by atoms with Gasteiger partial charge < -0.3 is 5.32 Å². The number of alkyl halides is 3. The van der Waals surface area contributed by atoms with Crippen LogP contribution in [0.3, 0.4) is 0 Å². The van der Waals surface area contributed by atoms with E-state index in [1.54, 1.807) is 6.07 Å². The summed E-state index contributed by atoms with van der Waals surface area (Å²) >= 11 is 6.20. The van der Waals surface area contributed by atoms with Crippen LogP contribution in [0.15, 0.2) is 78.2 Å². The lowest BCUT2D eigenvalue weighted by Crippen LogP contribution is -2.32. The third-order valence-electron chi connectivity index (χ3n) is 5.87. The first-order valence-electron chi connectivity index (χ1n) is 11.0. The van der Waals surface area contributed by atoms with Crippen LogP contribution in [-0.2, 0) is 29.0 Å². The first-order chi connectivity index (χ1) is 17.0. The van der Waals surface area contributed by atoms with E-state index in [1.165, 1.54) is 29.8 Å². The number of aryl methyl sites for hydroxylation is 2. The minimum atomic E-state index is -4.66. The molecule has 1 N–H and O–H groups in total. The molecule has 188 valence electrons. The molecular formula is C26H22ClF3N2O3S. The first kappa shape index (κ1) is 25.8. The molecule has 36 heavy (non-hydrogen) atoms. The molecule has 0 heterocycles. The molecule has 4 rings (SSSR count). The zero-order chi connectivity index (χ0) is 26.1. The standard InChI is InChI=1S/C26H22ClF3N2O3S/c1-2-13-32(22-8-4-7-20(16-22)26(28,29)30)36(34,35)24-15-19(10-12-23(24)27)25(33)31-21-11-9-17-5-3-6-18(17)14-21/h2,4,7-12,14-16H,1,3,5-6,13H2,(H,31,33). The second-order valence-electron chi connectivity index (χ2n) is 8.31. The summed E-state index contributed by atoms with van der Waals surface area (Å²) in [5.41, 5.74) is 1.79. The number of halogens is 4. The van der Waals surface area contributed by atoms with E-state index in [4.69, 9.17) is 11.6 Å². The Hall–Kier alpha value is -3.30. The number of sulfonamides is 1. The molecule has 0 aliphatic heterocycles. The minimum Gasteiger partial charge on any atom is -0.322 e. The molecule has 3 aromatic rings. The Morgan fingerprint density at radius 3 is 2.53 bits per heavy atom. The van der Waals surface area contributed by atoms with Gasteiger partial charge in [0.1, 0.15) is 4.90 Å². The van der Waals surface area contributed by atoms with Gasteiger partial charge in [-0.1, -0.05) is 29.8 Å². The van der Waals surface area contributed by atoms with Gasteiger partial charge in [-0.25, -0.2) is 8.42 Å². The number of amides is 1. The number of anilines is 2. The molecule has 0 bridgehead atoms. The zero-order valence-electron chi connectivity index (χ0n) is 19.0. The fourth-order valence-electron chi connectivity index (χ4n) is 4.11. The van der Waals surface area contributed by atoms with E-state index in [0.29, 0.717) is 5.69 Å². The number of carbonyl (C=O) groups excluding carboxylic acids is 1. The van der Waals surface area contributed by atoms with Gasteiger partial charge in [0.15, 0.2) is 0 Å². The summed E-state index contributed by atoms with van der Waals surface area (Å²) in [6.45, 7) is 3.20. The van der Waals surface area contributed by atoms with Crippen molar-refractivity contribution < 1.29 is 26.4 Å². The molecule has 1 aliphatic rings. The fourth-order valence-corrected chi connectivity index (χ4v) is 6.04. The van der Waals surface area contributed by atoms with E-state index in [-0.39, 0.29) is 22.8 Å². The highest BCUT2D eigenvalue weighted by atomic mass is 35.5. The van der Waals surface area contributed by atoms with Crippen molar-refractivity contribution in [1.82, 2.24) is 0 Å². The topological polar surface area (TPSA) is 66.5 Å². The number of hydrogen-bond donors (Lipinski definition) is 1. The first-order valence-corrected chi connectivity index (χ1v) is 12.9. The smallest absolute Gasteiger partial charge is 0.322 e. The summed E-state index contributed by atoms with van der Waals surface area (Å²) < 4.78 is 67.6. The molecule has 0 saturated carbocycles. The van der Waals surface area contributed by atoms with Gasteiger partial charge in [-0.15, -0.1) is 6.58 Å². The van der Waals surface area contributed by atoms with Crippen LogP contribution in [0.5, 0.6) is 0 Å². The fraction of sp³-hybridized carbons (Fsp3) is 0.192. The van der Waals surface area contributed by atoms with Crippen molar-refractivity contribution in [2.45, 2.75) is 30.3 Å². The second-order valence-corrected chi connectivity index (χ2v) is 10.5. The van der Waals surface area contributed by atoms with E-state index in [2.05, 4.69) is 11.9 Å². The Bertz CT molecular complexity index is 1440. The predicted molar refractivity (Wildman–Crippen MR) is 134 cm³/mol. The molecule has 10 heteroatoms. The number of fused-ring (bicyclic) bond motifs is 1. The van der Waals surface area contributed by atoms with Crippen LogP contribution in [0.25, 0.3) is 0 Å². The maximum absolute atomic E-state index is 13.5. The van der Waals surface area contributed by atoms with Crippen LogP contribution in [0, 0.1) is 0 Å². The van der Waals surface area contributed by atoms with Crippen molar-refractivity contribution in [2.75, 3.05) is 16.2 Å². The largest absolute Gasteiger partial charge is 0.416 e. The number of nitrogens with zero attached hydrogens (tertiary/aromatic N) is 1. The van der Waals surface area contributed by atoms with Gasteiger partial charge >= 0.3 is 6.18 Å². The SMILES string of the molecule is C=CCN(c1cccc(C(F)(F)F)c1)S(=O)(=O)c1cc(C(=O)Nc2ccc3c(c2)CCC3)ccc1Cl. The van der Waals surface area contributed by atoms with Crippen molar-refractivity contribution >= 4 is 38.9 Å². The molecular weight excluding hydrogens is 513 g/mol. The highest BCUT2D eigenvalue weighted by molar-refractivity contribution is 7.93. The minimum absolute atomic E-state index is 0.0288. The maximum Gasteiger partial charge on any atom is 0.416 e. The molecule has 0 saturated heterocycles. The second kappa shape index (κ2) is 9.99. The predicted octanol–water partition coefficient (Wildman–Crippen LogP) is 6.48. The summed E-state index contributed by atoms with van der Waals surface area (Å²) in [5, 5.41) is 2.59. The average Bonchev–Trinajstić information content (AvgIpc) is 3.30. The Labute approximate surface area is 212 Å². The third-order valence-corrected chi connectivity index (χ3v) is 8.15. The molecule has 1 aliphatic carbocycles. The lowest BCUT2D eigenvalue weighted by Gasteiger charge is -2.24. The van der Waals surface area contributed by atoms with Gasteiger partial charge in [-0.05, 0) is 78.9 Å². The lowest BCUT2D eigenvalue weighted by molar-refractivity contribution is -0.137. The van der Waals surface area contributed by atoms with Crippen LogP contribution in [-0.4, -0.2) is 20.9 Å². The average molecular weight is 535 g/mol. The van der Waals surface area contributed by atoms with Crippen LogP contribution >= 0.6 is 11.6 Å². The number of hydrogen-bond acceptors (Lipinski definition) is 3. The number of carbonyl (C=O) groups is 1. The molecule has 0 aromatic heterocycles. The molecule has 0 radical (unpaired) electrons. The Morgan fingerprint density at radius 2 is 1.81 bits per heavy atom. The molecule has 3 aromatic carbocycles. The zero-order valence-corrected chi connectivity index (χ0v) is 20.6. The van der Waals surface area contributed by atoms with E-state index in [1.807, 2.05) is 12.1 Å². The molecule has 1 amide bonds. The van der Waals surface area contributed by atoms with Crippen molar-refractivity contribution in [2.24, 2.45) is 0 Å². The van der Waals surface area contributed by atoms with Crippen molar-refractivity contribution in [3.05, 3.63) is 101 Å². The van der Waals surface area contributed by atoms with Crippen LogP contribution in [0.1, 0.15) is 33.5 Å². The molecule has 0 fully saturated rings. The Morgan fingerprint density at radius 1 is 1.06 bits per heavy atom. The summed E-state index contributed by atoms with van der Waals surface area (Å²) in [7, 11) is -4.46. The van der Waals surface area contributed by atoms with Crippen LogP contribution in [0.4, 0.5) is 24.5 Å². The van der Waals surface area contributed by atoms with Gasteiger partial charge in [0, 0.05) is 11.3 Å². The summed E-state index contributed by atoms with van der Waals surface area (Å²) in [6, 6.07) is 13.3. The maximum atomic E-state index is 13.5. The van der Waals surface area contributed by atoms with E-state index >= 15 is 0 Å². The Balaban J connectivity index is 1.68. The van der Waals surface area contributed by atoms with Gasteiger partial charge in [0.2, 0.25) is 0 Å². The van der Waals surface area contributed by atoms with Crippen molar-refractivity contribution in [1.29, 1.82) is 0 Å². The molecule has 0 unspecified atom stereocenters. The van der Waals surface area contributed by atoms with E-state index in [0.717, 1.165) is 53.4 Å². The van der Waals surface area contributed by atoms with Gasteiger partial charge in [-0.2, -0.15) is 13.2 Å². The van der Waals surface area contributed by atoms with Gasteiger partial charge in [-0.3, -0.25) is 9.10 Å². The summed E-state index contributed by atoms with van der Waals surface area (Å²) in [6.07, 6.45) is -0.437. The highest BCUT2D eigenvalue weighted by Gasteiger charge is 2.33. The van der Waals surface area contributed by atoms with Gasteiger partial charge in [0.25, 0.3) is 15.9 Å². The van der Waals surface area contributed by atoms with Crippen molar-refractivity contribution in [3.8, 4) is 0 Å². The monoisotopic (exact) mass is 534 g/mol. The quantitative estimate of drug-likeness (QED) is 0.353. The summed E-state index contributed by atoms with van der Waals surface area (Å²) in [4.78, 5) is 12.5. The molecule has 5 nitrogen and oxygen atoms in total. The summed E-state index contributed by atoms with van der Waals surface area (Å²) in [5.74, 6) is -0.546. The van der Waals surface area contributed by atoms with E-state index < -0.39 is 32.6 Å². The highest BCUT2D eigenvalue weighted by Crippen LogP contribution is 2.35. The van der Waals surface area contributed by atoms with Crippen LogP contribution in [0.2, 0.25) is 5.02 Å².